The summed E-state index contributed by atoms with van der Waals surface area (Å²) in [4.78, 5) is 0.588. The van der Waals surface area contributed by atoms with E-state index in [2.05, 4.69) is 5.32 Å². The van der Waals surface area contributed by atoms with E-state index < -0.39 is 5.76 Å². The number of nitrogens with one attached hydrogen (secondary N) is 1. The third-order valence-corrected chi connectivity index (χ3v) is 3.33. The van der Waals surface area contributed by atoms with Gasteiger partial charge in [-0.3, -0.25) is 0 Å². The van der Waals surface area contributed by atoms with E-state index >= 15 is 0 Å². The van der Waals surface area contributed by atoms with Crippen molar-refractivity contribution in [3.63, 3.8) is 0 Å². The van der Waals surface area contributed by atoms with Gasteiger partial charge in [0.1, 0.15) is 0 Å². The minimum Gasteiger partial charge on any atom is -0.380 e. The van der Waals surface area contributed by atoms with Gasteiger partial charge in [0.25, 0.3) is 5.76 Å². The summed E-state index contributed by atoms with van der Waals surface area (Å²) in [6, 6.07) is 7.42. The van der Waals surface area contributed by atoms with Gasteiger partial charge >= 0.3 is 0 Å². The number of ether oxygens (including phenoxy) is 1. The zero-order chi connectivity index (χ0) is 12.1. The van der Waals surface area contributed by atoms with Gasteiger partial charge in [0.2, 0.25) is 0 Å². The number of hydrogen-bond donors (Lipinski definition) is 1. The molecule has 0 amide bonds. The Morgan fingerprint density at radius 1 is 1.29 bits per heavy atom. The van der Waals surface area contributed by atoms with Gasteiger partial charge in [-0.05, 0) is 37.1 Å². The minimum absolute atomic E-state index is 0.331. The van der Waals surface area contributed by atoms with Crippen LogP contribution in [-0.2, 0) is 4.74 Å². The molecule has 0 aliphatic carbocycles. The molecule has 2 nitrogen and oxygen atoms in total. The average Bonchev–Trinajstić information content (AvgIpc) is 2.32. The molecule has 0 aromatic heterocycles. The van der Waals surface area contributed by atoms with Crippen molar-refractivity contribution in [1.29, 1.82) is 0 Å². The zero-order valence-corrected chi connectivity index (χ0v) is 10.2. The van der Waals surface area contributed by atoms with Crippen LogP contribution in [0.4, 0.5) is 14.5 Å². The average molecular weight is 259 g/mol. The van der Waals surface area contributed by atoms with E-state index in [0.717, 1.165) is 25.1 Å². The van der Waals surface area contributed by atoms with Gasteiger partial charge in [0, 0.05) is 23.2 Å². The van der Waals surface area contributed by atoms with Crippen LogP contribution >= 0.6 is 11.8 Å². The molecule has 1 aliphatic heterocycles. The normalized spacial score (nSPS) is 20.5. The Labute approximate surface area is 104 Å². The third-order valence-electron chi connectivity index (χ3n) is 2.61. The SMILES string of the molecule is FC(F)Sc1ccc(NC2CCCOC2)cc1. The minimum atomic E-state index is -2.36. The monoisotopic (exact) mass is 259 g/mol. The first-order valence-electron chi connectivity index (χ1n) is 5.63. The summed E-state index contributed by atoms with van der Waals surface area (Å²) in [6.45, 7) is 1.55. The molecule has 94 valence electrons. The summed E-state index contributed by atoms with van der Waals surface area (Å²) < 4.78 is 29.6. The second-order valence-corrected chi connectivity index (χ2v) is 5.02. The molecule has 1 fully saturated rings. The van der Waals surface area contributed by atoms with Crippen molar-refractivity contribution >= 4 is 17.4 Å². The van der Waals surface area contributed by atoms with E-state index in [1.54, 1.807) is 12.1 Å². The first-order valence-corrected chi connectivity index (χ1v) is 6.51. The van der Waals surface area contributed by atoms with Crippen LogP contribution in [0.25, 0.3) is 0 Å². The second-order valence-electron chi connectivity index (χ2n) is 3.96. The summed E-state index contributed by atoms with van der Waals surface area (Å²) in [5.41, 5.74) is 0.958. The number of benzene rings is 1. The van der Waals surface area contributed by atoms with Gasteiger partial charge in [-0.1, -0.05) is 11.8 Å². The molecule has 5 heteroatoms. The molecular weight excluding hydrogens is 244 g/mol. The quantitative estimate of drug-likeness (QED) is 0.835. The van der Waals surface area contributed by atoms with Crippen LogP contribution in [0.15, 0.2) is 29.2 Å². The van der Waals surface area contributed by atoms with Crippen molar-refractivity contribution in [2.45, 2.75) is 29.5 Å². The Bertz CT molecular complexity index is 339. The van der Waals surface area contributed by atoms with Gasteiger partial charge < -0.3 is 10.1 Å². The van der Waals surface area contributed by atoms with Gasteiger partial charge in [-0.25, -0.2) is 0 Å². The van der Waals surface area contributed by atoms with Crippen LogP contribution in [0.5, 0.6) is 0 Å². The molecule has 1 aromatic rings. The standard InChI is InChI=1S/C12H15F2NOS/c13-12(14)17-11-5-3-9(4-6-11)15-10-2-1-7-16-8-10/h3-6,10,12,15H,1-2,7-8H2. The topological polar surface area (TPSA) is 21.3 Å². The second kappa shape index (κ2) is 6.21. The Morgan fingerprint density at radius 3 is 2.65 bits per heavy atom. The summed E-state index contributed by atoms with van der Waals surface area (Å²) in [7, 11) is 0. The maximum Gasteiger partial charge on any atom is 0.288 e. The smallest absolute Gasteiger partial charge is 0.288 e. The van der Waals surface area contributed by atoms with Crippen LogP contribution < -0.4 is 5.32 Å². The number of hydrogen-bond acceptors (Lipinski definition) is 3. The summed E-state index contributed by atoms with van der Waals surface area (Å²) in [5.74, 6) is -2.36. The van der Waals surface area contributed by atoms with Gasteiger partial charge in [0.15, 0.2) is 0 Å². The molecule has 2 rings (SSSR count). The zero-order valence-electron chi connectivity index (χ0n) is 9.36. The first-order chi connectivity index (χ1) is 8.24. The van der Waals surface area contributed by atoms with E-state index in [9.17, 15) is 8.78 Å². The molecule has 1 saturated heterocycles. The highest BCUT2D eigenvalue weighted by atomic mass is 32.2. The van der Waals surface area contributed by atoms with Gasteiger partial charge in [-0.2, -0.15) is 8.78 Å². The fraction of sp³-hybridized carbons (Fsp3) is 0.500. The van der Waals surface area contributed by atoms with E-state index in [1.807, 2.05) is 12.1 Å². The first kappa shape index (κ1) is 12.6. The molecule has 1 atom stereocenters. The lowest BCUT2D eigenvalue weighted by Crippen LogP contribution is -2.29. The van der Waals surface area contributed by atoms with Crippen molar-refractivity contribution in [3.8, 4) is 0 Å². The number of halogens is 2. The maximum atomic E-state index is 12.1. The van der Waals surface area contributed by atoms with Crippen molar-refractivity contribution in [2.75, 3.05) is 18.5 Å². The van der Waals surface area contributed by atoms with Crippen LogP contribution in [-0.4, -0.2) is 25.0 Å². The van der Waals surface area contributed by atoms with E-state index in [1.165, 1.54) is 0 Å². The van der Waals surface area contributed by atoms with E-state index in [-0.39, 0.29) is 0 Å². The van der Waals surface area contributed by atoms with Gasteiger partial charge in [-0.15, -0.1) is 0 Å². The predicted molar refractivity (Wildman–Crippen MR) is 65.8 cm³/mol. The van der Waals surface area contributed by atoms with Crippen LogP contribution in [0, 0.1) is 0 Å². The Kier molecular flexibility index (Phi) is 4.62. The molecule has 17 heavy (non-hydrogen) atoms. The van der Waals surface area contributed by atoms with Crippen LogP contribution in [0.1, 0.15) is 12.8 Å². The van der Waals surface area contributed by atoms with E-state index in [0.29, 0.717) is 29.3 Å². The fourth-order valence-corrected chi connectivity index (χ4v) is 2.32. The summed E-state index contributed by atoms with van der Waals surface area (Å²) in [6.07, 6.45) is 2.16. The number of alkyl halides is 2. The molecule has 0 spiro atoms. The molecule has 0 bridgehead atoms. The van der Waals surface area contributed by atoms with Crippen LogP contribution in [0.3, 0.4) is 0 Å². The third kappa shape index (κ3) is 4.16. The van der Waals surface area contributed by atoms with Crippen molar-refractivity contribution in [1.82, 2.24) is 0 Å². The largest absolute Gasteiger partial charge is 0.380 e. The summed E-state index contributed by atoms with van der Waals surface area (Å²) >= 11 is 0.567. The van der Waals surface area contributed by atoms with Crippen LogP contribution in [0.2, 0.25) is 0 Å². The molecule has 0 saturated carbocycles. The highest BCUT2D eigenvalue weighted by Crippen LogP contribution is 2.26. The molecule has 1 heterocycles. The number of thioether (sulfide) groups is 1. The molecule has 1 unspecified atom stereocenters. The molecule has 1 aliphatic rings. The molecule has 1 aromatic carbocycles. The van der Waals surface area contributed by atoms with Crippen molar-refractivity contribution < 1.29 is 13.5 Å². The molecule has 1 N–H and O–H groups in total. The van der Waals surface area contributed by atoms with Crippen molar-refractivity contribution in [2.24, 2.45) is 0 Å². The van der Waals surface area contributed by atoms with E-state index in [4.69, 9.17) is 4.74 Å². The van der Waals surface area contributed by atoms with Gasteiger partial charge in [0.05, 0.1) is 6.61 Å². The highest BCUT2D eigenvalue weighted by Gasteiger charge is 2.13. The Morgan fingerprint density at radius 2 is 2.06 bits per heavy atom. The van der Waals surface area contributed by atoms with Crippen molar-refractivity contribution in [3.05, 3.63) is 24.3 Å². The predicted octanol–water partition coefficient (Wildman–Crippen LogP) is 3.59. The molecule has 0 radical (unpaired) electrons. The highest BCUT2D eigenvalue weighted by molar-refractivity contribution is 7.99. The fourth-order valence-electron chi connectivity index (χ4n) is 1.82. The number of rotatable bonds is 4. The number of anilines is 1. The molecular formula is C12H15F2NOS. The lowest BCUT2D eigenvalue weighted by molar-refractivity contribution is 0.0876. The Hall–Kier alpha value is -0.810. The lowest BCUT2D eigenvalue weighted by Gasteiger charge is -2.24. The summed E-state index contributed by atoms with van der Waals surface area (Å²) in [5, 5.41) is 3.34. The Balaban J connectivity index is 1.88. The maximum absolute atomic E-state index is 12.1. The lowest BCUT2D eigenvalue weighted by atomic mass is 10.1.